The van der Waals surface area contributed by atoms with E-state index < -0.39 is 0 Å². The van der Waals surface area contributed by atoms with Crippen LogP contribution >= 0.6 is 0 Å². The molecule has 0 atom stereocenters. The van der Waals surface area contributed by atoms with Crippen molar-refractivity contribution < 1.29 is 18.9 Å². The predicted octanol–water partition coefficient (Wildman–Crippen LogP) is 1.47. The van der Waals surface area contributed by atoms with Gasteiger partial charge in [0, 0.05) is 0 Å². The van der Waals surface area contributed by atoms with E-state index in [9.17, 15) is 4.91 Å². The van der Waals surface area contributed by atoms with Crippen LogP contribution in [0.3, 0.4) is 0 Å². The van der Waals surface area contributed by atoms with Crippen molar-refractivity contribution in [1.29, 1.82) is 0 Å². The molecule has 1 aliphatic rings. The van der Waals surface area contributed by atoms with Crippen LogP contribution in [0.5, 0.6) is 11.5 Å². The van der Waals surface area contributed by atoms with Gasteiger partial charge in [-0.3, -0.25) is 5.01 Å². The predicted molar refractivity (Wildman–Crippen MR) is 76.4 cm³/mol. The van der Waals surface area contributed by atoms with E-state index in [-0.39, 0.29) is 0 Å². The first-order chi connectivity index (χ1) is 10.4. The fourth-order valence-electron chi connectivity index (χ4n) is 1.85. The molecular weight excluding hydrogens is 276 g/mol. The molecular formula is C14H20N2O5. The van der Waals surface area contributed by atoms with Gasteiger partial charge in [0.1, 0.15) is 13.2 Å². The van der Waals surface area contributed by atoms with Gasteiger partial charge in [-0.25, -0.2) is 0 Å². The number of benzene rings is 1. The Morgan fingerprint density at radius 3 is 1.81 bits per heavy atom. The largest absolute Gasteiger partial charge is 0.487 e. The lowest BCUT2D eigenvalue weighted by Gasteiger charge is -2.14. The fraction of sp³-hybridized carbons (Fsp3) is 0.571. The number of hydrogen-bond donors (Lipinski definition) is 0. The van der Waals surface area contributed by atoms with Crippen LogP contribution in [0.2, 0.25) is 0 Å². The Kier molecular flexibility index (Phi) is 6.76. The summed E-state index contributed by atoms with van der Waals surface area (Å²) in [4.78, 5) is 10.6. The number of nitroso groups, excluding NO2 is 1. The van der Waals surface area contributed by atoms with Gasteiger partial charge in [0.15, 0.2) is 11.5 Å². The lowest BCUT2D eigenvalue weighted by atomic mass is 10.3. The summed E-state index contributed by atoms with van der Waals surface area (Å²) in [5, 5.41) is 4.31. The third kappa shape index (κ3) is 5.57. The van der Waals surface area contributed by atoms with Crippen LogP contribution in [0.4, 0.5) is 0 Å². The minimum Gasteiger partial charge on any atom is -0.487 e. The van der Waals surface area contributed by atoms with Crippen molar-refractivity contribution in [1.82, 2.24) is 5.01 Å². The molecule has 1 aromatic rings. The number of rotatable bonds is 1. The van der Waals surface area contributed by atoms with Gasteiger partial charge >= 0.3 is 0 Å². The van der Waals surface area contributed by atoms with E-state index in [4.69, 9.17) is 18.9 Å². The van der Waals surface area contributed by atoms with Gasteiger partial charge in [0.05, 0.1) is 44.8 Å². The molecule has 1 heterocycles. The summed E-state index contributed by atoms with van der Waals surface area (Å²) in [6, 6.07) is 7.49. The van der Waals surface area contributed by atoms with Crippen LogP contribution in [0.15, 0.2) is 29.6 Å². The van der Waals surface area contributed by atoms with Crippen LogP contribution in [0.1, 0.15) is 0 Å². The van der Waals surface area contributed by atoms with Crippen molar-refractivity contribution in [2.45, 2.75) is 0 Å². The maximum Gasteiger partial charge on any atom is 0.161 e. The van der Waals surface area contributed by atoms with Crippen LogP contribution < -0.4 is 9.47 Å². The average Bonchev–Trinajstić information content (AvgIpc) is 2.53. The molecule has 21 heavy (non-hydrogen) atoms. The first kappa shape index (κ1) is 15.5. The molecule has 116 valence electrons. The van der Waals surface area contributed by atoms with Gasteiger partial charge in [-0.15, -0.1) is 4.91 Å². The Bertz CT molecular complexity index is 395. The summed E-state index contributed by atoms with van der Waals surface area (Å²) in [5.74, 6) is 1.37. The Hall–Kier alpha value is -1.86. The lowest BCUT2D eigenvalue weighted by molar-refractivity contribution is 0.0602. The molecule has 0 radical (unpaired) electrons. The molecule has 0 fully saturated rings. The smallest absolute Gasteiger partial charge is 0.161 e. The SMILES string of the molecule is O=NN1CCOCCOc2ccccc2OCCOCC1. The summed E-state index contributed by atoms with van der Waals surface area (Å²) in [7, 11) is 0. The van der Waals surface area contributed by atoms with Crippen LogP contribution in [0, 0.1) is 4.91 Å². The minimum atomic E-state index is 0.422. The van der Waals surface area contributed by atoms with Crippen molar-refractivity contribution in [2.24, 2.45) is 5.29 Å². The molecule has 0 amide bonds. The van der Waals surface area contributed by atoms with Gasteiger partial charge in [-0.1, -0.05) is 12.1 Å². The lowest BCUT2D eigenvalue weighted by Crippen LogP contribution is -2.26. The third-order valence-electron chi connectivity index (χ3n) is 2.92. The van der Waals surface area contributed by atoms with E-state index in [1.54, 1.807) is 0 Å². The maximum absolute atomic E-state index is 10.6. The summed E-state index contributed by atoms with van der Waals surface area (Å²) < 4.78 is 22.1. The normalized spacial score (nSPS) is 18.4. The molecule has 7 nitrogen and oxygen atoms in total. The number of fused-ring (bicyclic) bond motifs is 1. The number of para-hydroxylation sites is 2. The highest BCUT2D eigenvalue weighted by atomic mass is 16.6. The van der Waals surface area contributed by atoms with Gasteiger partial charge in [0.25, 0.3) is 0 Å². The van der Waals surface area contributed by atoms with Crippen LogP contribution in [-0.4, -0.2) is 57.7 Å². The van der Waals surface area contributed by atoms with Crippen molar-refractivity contribution >= 4 is 0 Å². The summed E-state index contributed by atoms with van der Waals surface area (Å²) in [6.07, 6.45) is 0. The zero-order chi connectivity index (χ0) is 14.8. The van der Waals surface area contributed by atoms with Gasteiger partial charge in [-0.2, -0.15) is 0 Å². The van der Waals surface area contributed by atoms with Gasteiger partial charge in [-0.05, 0) is 12.1 Å². The van der Waals surface area contributed by atoms with Gasteiger partial charge in [0.2, 0.25) is 0 Å². The minimum absolute atomic E-state index is 0.422. The standard InChI is InChI=1S/C14H20N2O5/c17-15-16-5-7-18-9-11-20-13-3-1-2-4-14(13)21-12-10-19-8-6-16/h1-4H,5-12H2. The van der Waals surface area contributed by atoms with E-state index in [0.29, 0.717) is 64.2 Å². The maximum atomic E-state index is 10.6. The first-order valence-corrected chi connectivity index (χ1v) is 6.98. The molecule has 0 bridgehead atoms. The molecule has 0 spiro atoms. The van der Waals surface area contributed by atoms with Crippen molar-refractivity contribution in [3.8, 4) is 11.5 Å². The Morgan fingerprint density at radius 2 is 1.33 bits per heavy atom. The highest BCUT2D eigenvalue weighted by molar-refractivity contribution is 5.39. The molecule has 7 heteroatoms. The summed E-state index contributed by atoms with van der Waals surface area (Å²) in [5.41, 5.74) is 0. The van der Waals surface area contributed by atoms with Crippen molar-refractivity contribution in [3.05, 3.63) is 29.2 Å². The zero-order valence-corrected chi connectivity index (χ0v) is 11.9. The first-order valence-electron chi connectivity index (χ1n) is 6.98. The molecule has 0 aromatic heterocycles. The highest BCUT2D eigenvalue weighted by Gasteiger charge is 2.06. The zero-order valence-electron chi connectivity index (χ0n) is 11.9. The molecule has 0 unspecified atom stereocenters. The Labute approximate surface area is 123 Å². The quantitative estimate of drug-likeness (QED) is 0.731. The van der Waals surface area contributed by atoms with E-state index in [1.807, 2.05) is 24.3 Å². The monoisotopic (exact) mass is 296 g/mol. The molecule has 1 aromatic carbocycles. The van der Waals surface area contributed by atoms with E-state index in [1.165, 1.54) is 5.01 Å². The summed E-state index contributed by atoms with van der Waals surface area (Å²) in [6.45, 7) is 3.46. The molecule has 0 saturated carbocycles. The third-order valence-corrected chi connectivity index (χ3v) is 2.92. The molecule has 2 rings (SSSR count). The second-order valence-corrected chi connectivity index (χ2v) is 4.40. The van der Waals surface area contributed by atoms with Crippen molar-refractivity contribution in [3.63, 3.8) is 0 Å². The number of nitrogens with zero attached hydrogens (tertiary/aromatic N) is 2. The van der Waals surface area contributed by atoms with E-state index in [2.05, 4.69) is 5.29 Å². The number of hydrogen-bond acceptors (Lipinski definition) is 6. The fourth-order valence-corrected chi connectivity index (χ4v) is 1.85. The molecule has 1 aliphatic heterocycles. The molecule has 0 saturated heterocycles. The van der Waals surface area contributed by atoms with E-state index in [0.717, 1.165) is 0 Å². The summed E-state index contributed by atoms with van der Waals surface area (Å²) >= 11 is 0. The highest BCUT2D eigenvalue weighted by Crippen LogP contribution is 2.26. The Morgan fingerprint density at radius 1 is 0.810 bits per heavy atom. The second kappa shape index (κ2) is 9.15. The van der Waals surface area contributed by atoms with E-state index >= 15 is 0 Å². The average molecular weight is 296 g/mol. The van der Waals surface area contributed by atoms with Crippen molar-refractivity contribution in [2.75, 3.05) is 52.7 Å². The molecule has 0 aliphatic carbocycles. The van der Waals surface area contributed by atoms with Gasteiger partial charge < -0.3 is 18.9 Å². The second-order valence-electron chi connectivity index (χ2n) is 4.40. The van der Waals surface area contributed by atoms with Crippen LogP contribution in [-0.2, 0) is 9.47 Å². The number of ether oxygens (including phenoxy) is 4. The van der Waals surface area contributed by atoms with Crippen LogP contribution in [0.25, 0.3) is 0 Å². The topological polar surface area (TPSA) is 69.6 Å². The molecule has 0 N–H and O–H groups in total. The Balaban J connectivity index is 1.89.